The Hall–Kier alpha value is -3.88. The van der Waals surface area contributed by atoms with Crippen molar-refractivity contribution in [3.05, 3.63) is 29.8 Å². The number of nitrogens with one attached hydrogen (secondary N) is 3. The highest BCUT2D eigenvalue weighted by molar-refractivity contribution is 5.98. The molecule has 0 aliphatic carbocycles. The summed E-state index contributed by atoms with van der Waals surface area (Å²) < 4.78 is 15.5. The number of benzene rings is 1. The fourth-order valence-electron chi connectivity index (χ4n) is 4.83. The zero-order chi connectivity index (χ0) is 35.9. The molecular weight excluding hydrogens is 624 g/mol. The van der Waals surface area contributed by atoms with Crippen molar-refractivity contribution in [3.63, 3.8) is 0 Å². The van der Waals surface area contributed by atoms with E-state index in [0.717, 1.165) is 6.42 Å². The normalized spacial score (nSPS) is 12.9. The van der Waals surface area contributed by atoms with Crippen LogP contribution in [-0.4, -0.2) is 86.6 Å². The van der Waals surface area contributed by atoms with E-state index in [2.05, 4.69) is 16.0 Å². The number of aliphatic hydroxyl groups excluding tert-OH is 1. The Bertz CT molecular complexity index is 1160. The second kappa shape index (κ2) is 24.3. The van der Waals surface area contributed by atoms with E-state index in [-0.39, 0.29) is 75.8 Å². The molecule has 0 aliphatic rings. The Labute approximate surface area is 283 Å². The summed E-state index contributed by atoms with van der Waals surface area (Å²) in [4.78, 5) is 76.2. The Morgan fingerprint density at radius 2 is 1.50 bits per heavy atom. The van der Waals surface area contributed by atoms with E-state index in [1.54, 1.807) is 38.1 Å². The molecule has 4 amide bonds. The van der Waals surface area contributed by atoms with Crippen LogP contribution in [-0.2, 0) is 44.8 Å². The highest BCUT2D eigenvalue weighted by Crippen LogP contribution is 2.21. The first-order valence-electron chi connectivity index (χ1n) is 16.5. The molecule has 0 aromatic heterocycles. The van der Waals surface area contributed by atoms with E-state index < -0.39 is 41.7 Å². The van der Waals surface area contributed by atoms with Crippen molar-refractivity contribution in [3.8, 4) is 0 Å². The smallest absolute Gasteiger partial charge is 0.312 e. The summed E-state index contributed by atoms with van der Waals surface area (Å²) in [6.45, 7) is 7.12. The quantitative estimate of drug-likeness (QED) is 0.0714. The van der Waals surface area contributed by atoms with Gasteiger partial charge in [-0.25, -0.2) is 4.79 Å². The molecule has 1 rings (SSSR count). The van der Waals surface area contributed by atoms with Crippen LogP contribution in [0.4, 0.5) is 10.5 Å². The minimum Gasteiger partial charge on any atom is -0.469 e. The van der Waals surface area contributed by atoms with E-state index in [0.29, 0.717) is 37.5 Å². The molecule has 0 spiro atoms. The number of amides is 4. The number of rotatable bonds is 26. The molecule has 3 atom stereocenters. The Morgan fingerprint density at radius 3 is 2.08 bits per heavy atom. The summed E-state index contributed by atoms with van der Waals surface area (Å²) in [5.41, 5.74) is 6.29. The molecule has 14 heteroatoms. The fourth-order valence-corrected chi connectivity index (χ4v) is 4.83. The molecule has 0 radical (unpaired) electrons. The lowest BCUT2D eigenvalue weighted by molar-refractivity contribution is -0.142. The number of ketones is 2. The molecule has 0 heterocycles. The molecule has 6 N–H and O–H groups in total. The number of aliphatic hydroxyl groups is 1. The van der Waals surface area contributed by atoms with Gasteiger partial charge >= 0.3 is 12.0 Å². The second-order valence-corrected chi connectivity index (χ2v) is 11.9. The number of carbonyl (C=O) groups is 6. The number of carbonyl (C=O) groups excluding carboxylic acids is 6. The predicted octanol–water partition coefficient (Wildman–Crippen LogP) is 2.64. The molecule has 1 aromatic carbocycles. The van der Waals surface area contributed by atoms with Crippen molar-refractivity contribution in [1.82, 2.24) is 10.6 Å². The highest BCUT2D eigenvalue weighted by atomic mass is 16.5. The Morgan fingerprint density at radius 1 is 0.854 bits per heavy atom. The number of primary amides is 1. The number of urea groups is 1. The number of methoxy groups -OCH3 is 1. The number of hydrogen-bond donors (Lipinski definition) is 5. The third kappa shape index (κ3) is 17.9. The van der Waals surface area contributed by atoms with Crippen LogP contribution in [0.3, 0.4) is 0 Å². The van der Waals surface area contributed by atoms with Gasteiger partial charge in [0.25, 0.3) is 0 Å². The summed E-state index contributed by atoms with van der Waals surface area (Å²) in [6, 6.07) is 4.92. The van der Waals surface area contributed by atoms with Crippen molar-refractivity contribution in [2.24, 2.45) is 23.5 Å². The molecular formula is C34H54N4O10. The van der Waals surface area contributed by atoms with Crippen LogP contribution in [0, 0.1) is 17.8 Å². The number of anilines is 1. The van der Waals surface area contributed by atoms with E-state index in [1.165, 1.54) is 7.11 Å². The predicted molar refractivity (Wildman–Crippen MR) is 179 cm³/mol. The lowest BCUT2D eigenvalue weighted by Crippen LogP contribution is -2.48. The molecule has 1 aromatic rings. The van der Waals surface area contributed by atoms with E-state index >= 15 is 0 Å². The monoisotopic (exact) mass is 678 g/mol. The number of hydrogen-bond acceptors (Lipinski definition) is 10. The maximum absolute atomic E-state index is 13.7. The summed E-state index contributed by atoms with van der Waals surface area (Å²) in [6.07, 6.45) is 1.18. The maximum Gasteiger partial charge on any atom is 0.312 e. The molecule has 14 nitrogen and oxygen atoms in total. The summed E-state index contributed by atoms with van der Waals surface area (Å²) in [7, 11) is 1.23. The van der Waals surface area contributed by atoms with Crippen molar-refractivity contribution in [2.75, 3.05) is 45.4 Å². The van der Waals surface area contributed by atoms with Crippen LogP contribution < -0.4 is 21.7 Å². The first-order valence-corrected chi connectivity index (χ1v) is 16.5. The first-order chi connectivity index (χ1) is 22.9. The minimum atomic E-state index is -0.970. The average Bonchev–Trinajstić information content (AvgIpc) is 3.05. The standard InChI is InChI=1S/C34H54N4O10/c1-5-16-47-18-19-48-17-14-28(40)20-26(10-13-30(42)46-4)33(44)38-31(23(2)3)29(41)21-25(7-6-15-36-34(35)45)32(43)37-27-11-8-24(22-39)9-12-27/h8-9,11-12,23,25-26,31,39H,5-7,10,13-22H2,1-4H3,(H,37,43)(H,38,44)(H3,35,36,45)/t25-,26+,31+/m1/s1. The largest absolute Gasteiger partial charge is 0.469 e. The number of esters is 1. The molecule has 0 saturated heterocycles. The zero-order valence-corrected chi connectivity index (χ0v) is 28.7. The number of nitrogens with two attached hydrogens (primary N) is 1. The average molecular weight is 679 g/mol. The van der Waals surface area contributed by atoms with Crippen molar-refractivity contribution in [1.29, 1.82) is 0 Å². The van der Waals surface area contributed by atoms with Gasteiger partial charge in [0.05, 0.1) is 39.6 Å². The Balaban J connectivity index is 2.99. The van der Waals surface area contributed by atoms with Crippen LogP contribution in [0.1, 0.15) is 77.7 Å². The van der Waals surface area contributed by atoms with Crippen LogP contribution in [0.5, 0.6) is 0 Å². The van der Waals surface area contributed by atoms with Crippen LogP contribution in [0.25, 0.3) is 0 Å². The lowest BCUT2D eigenvalue weighted by Gasteiger charge is -2.26. The lowest BCUT2D eigenvalue weighted by atomic mass is 9.88. The van der Waals surface area contributed by atoms with Crippen LogP contribution >= 0.6 is 0 Å². The molecule has 48 heavy (non-hydrogen) atoms. The summed E-state index contributed by atoms with van der Waals surface area (Å²) in [5.74, 6) is -4.15. The van der Waals surface area contributed by atoms with Gasteiger partial charge in [-0.15, -0.1) is 0 Å². The van der Waals surface area contributed by atoms with Gasteiger partial charge in [-0.05, 0) is 49.3 Å². The van der Waals surface area contributed by atoms with Gasteiger partial charge in [0.15, 0.2) is 5.78 Å². The SMILES string of the molecule is CCCOCCOCCC(=O)C[C@H](CCC(=O)OC)C(=O)N[C@H](C(=O)C[C@@H](CCCNC(N)=O)C(=O)Nc1ccc(CO)cc1)C(C)C. The minimum absolute atomic E-state index is 0.0436. The fraction of sp³-hybridized carbons (Fsp3) is 0.647. The van der Waals surface area contributed by atoms with Crippen LogP contribution in [0.2, 0.25) is 0 Å². The van der Waals surface area contributed by atoms with Crippen LogP contribution in [0.15, 0.2) is 24.3 Å². The summed E-state index contributed by atoms with van der Waals surface area (Å²) >= 11 is 0. The van der Waals surface area contributed by atoms with Gasteiger partial charge in [-0.2, -0.15) is 0 Å². The zero-order valence-electron chi connectivity index (χ0n) is 28.7. The van der Waals surface area contributed by atoms with E-state index in [4.69, 9.17) is 19.9 Å². The molecule has 270 valence electrons. The van der Waals surface area contributed by atoms with E-state index in [9.17, 15) is 33.9 Å². The van der Waals surface area contributed by atoms with Gasteiger partial charge in [-0.3, -0.25) is 24.0 Å². The first kappa shape index (κ1) is 42.1. The van der Waals surface area contributed by atoms with Crippen molar-refractivity contribution in [2.45, 2.75) is 84.8 Å². The molecule has 0 bridgehead atoms. The van der Waals surface area contributed by atoms with Crippen molar-refractivity contribution < 1.29 is 48.1 Å². The maximum atomic E-state index is 13.7. The van der Waals surface area contributed by atoms with Crippen molar-refractivity contribution >= 4 is 41.1 Å². The Kier molecular flexibility index (Phi) is 21.3. The topological polar surface area (TPSA) is 212 Å². The highest BCUT2D eigenvalue weighted by Gasteiger charge is 2.32. The van der Waals surface area contributed by atoms with Gasteiger partial charge in [0.1, 0.15) is 5.78 Å². The second-order valence-electron chi connectivity index (χ2n) is 11.9. The molecule has 0 aliphatic heterocycles. The van der Waals surface area contributed by atoms with Gasteiger partial charge in [0, 0.05) is 56.4 Å². The third-order valence-corrected chi connectivity index (χ3v) is 7.58. The van der Waals surface area contributed by atoms with Gasteiger partial charge in [-0.1, -0.05) is 32.9 Å². The number of ether oxygens (including phenoxy) is 3. The van der Waals surface area contributed by atoms with Gasteiger partial charge < -0.3 is 41.0 Å². The molecule has 0 fully saturated rings. The summed E-state index contributed by atoms with van der Waals surface area (Å²) in [5, 5.41) is 17.3. The number of Topliss-reactive ketones (excluding diaryl/α,β-unsaturated/α-hetero) is 2. The van der Waals surface area contributed by atoms with Gasteiger partial charge in [0.2, 0.25) is 11.8 Å². The molecule has 0 unspecified atom stereocenters. The third-order valence-electron chi connectivity index (χ3n) is 7.58. The van der Waals surface area contributed by atoms with E-state index in [1.807, 2.05) is 6.92 Å². The molecule has 0 saturated carbocycles.